The van der Waals surface area contributed by atoms with Crippen LogP contribution in [0.1, 0.15) is 33.6 Å². The summed E-state index contributed by atoms with van der Waals surface area (Å²) in [5.74, 6) is 0.653. The molecule has 2 aliphatic rings. The predicted molar refractivity (Wildman–Crippen MR) is 149 cm³/mol. The summed E-state index contributed by atoms with van der Waals surface area (Å²) < 4.78 is 24.9. The molecule has 5 rings (SSSR count). The van der Waals surface area contributed by atoms with Crippen LogP contribution in [0.2, 0.25) is 5.02 Å². The maximum Gasteiger partial charge on any atom is 0.268 e. The Labute approximate surface area is 229 Å². The van der Waals surface area contributed by atoms with Gasteiger partial charge in [0.2, 0.25) is 5.95 Å². The SMILES string of the molecule is Cn1cc2c(Cl)c(Sc3cnc(N4CCC5(CC4)COCC5N[S+]([O-])C(C)(C)C)n(C)c3=O)ccc2n1. The highest BCUT2D eigenvalue weighted by molar-refractivity contribution is 7.99. The Morgan fingerprint density at radius 1 is 1.24 bits per heavy atom. The molecule has 2 aliphatic heterocycles. The van der Waals surface area contributed by atoms with Crippen molar-refractivity contribution in [1.82, 2.24) is 24.1 Å². The van der Waals surface area contributed by atoms with Crippen LogP contribution in [0, 0.1) is 5.41 Å². The number of nitrogens with zero attached hydrogens (tertiary/aromatic N) is 5. The molecule has 1 aromatic carbocycles. The summed E-state index contributed by atoms with van der Waals surface area (Å²) in [5.41, 5.74) is 0.645. The third-order valence-electron chi connectivity index (χ3n) is 7.30. The van der Waals surface area contributed by atoms with Gasteiger partial charge in [-0.1, -0.05) is 23.4 Å². The van der Waals surface area contributed by atoms with Crippen molar-refractivity contribution < 1.29 is 9.29 Å². The second-order valence-electron chi connectivity index (χ2n) is 10.9. The highest BCUT2D eigenvalue weighted by Gasteiger charge is 2.49. The van der Waals surface area contributed by atoms with Gasteiger partial charge in [-0.3, -0.25) is 14.0 Å². The number of ether oxygens (including phenoxy) is 1. The van der Waals surface area contributed by atoms with Gasteiger partial charge in [0.25, 0.3) is 5.56 Å². The number of nitrogens with one attached hydrogen (secondary N) is 1. The van der Waals surface area contributed by atoms with Crippen molar-refractivity contribution in [3.05, 3.63) is 39.9 Å². The summed E-state index contributed by atoms with van der Waals surface area (Å²) in [7, 11) is 3.62. The Hall–Kier alpha value is -1.76. The molecule has 2 unspecified atom stereocenters. The van der Waals surface area contributed by atoms with Crippen molar-refractivity contribution in [3.63, 3.8) is 0 Å². The summed E-state index contributed by atoms with van der Waals surface area (Å²) in [4.78, 5) is 21.4. The number of piperidine rings is 1. The van der Waals surface area contributed by atoms with Crippen LogP contribution in [0.3, 0.4) is 0 Å². The minimum Gasteiger partial charge on any atom is -0.598 e. The molecule has 3 aromatic rings. The maximum atomic E-state index is 13.3. The highest BCUT2D eigenvalue weighted by Crippen LogP contribution is 2.41. The molecule has 0 radical (unpaired) electrons. The van der Waals surface area contributed by atoms with E-state index in [0.29, 0.717) is 29.1 Å². The number of fused-ring (bicyclic) bond motifs is 1. The van der Waals surface area contributed by atoms with E-state index in [2.05, 4.69) is 19.7 Å². The van der Waals surface area contributed by atoms with E-state index in [1.165, 1.54) is 11.8 Å². The fourth-order valence-corrected chi connectivity index (χ4v) is 7.16. The van der Waals surface area contributed by atoms with Crippen LogP contribution in [0.25, 0.3) is 10.9 Å². The van der Waals surface area contributed by atoms with E-state index in [9.17, 15) is 9.35 Å². The first kappa shape index (κ1) is 26.8. The molecule has 0 amide bonds. The number of hydrogen-bond acceptors (Lipinski definition) is 8. The average Bonchev–Trinajstić information content (AvgIpc) is 3.42. The van der Waals surface area contributed by atoms with Crippen LogP contribution < -0.4 is 15.2 Å². The van der Waals surface area contributed by atoms with E-state index in [0.717, 1.165) is 41.7 Å². The molecular formula is C25H33ClN6O3S2. The number of halogens is 1. The zero-order valence-electron chi connectivity index (χ0n) is 21.8. The third kappa shape index (κ3) is 5.14. The van der Waals surface area contributed by atoms with Gasteiger partial charge in [0.1, 0.15) is 4.75 Å². The number of rotatable bonds is 5. The van der Waals surface area contributed by atoms with Crippen molar-refractivity contribution in [2.45, 2.75) is 54.2 Å². The van der Waals surface area contributed by atoms with E-state index < -0.39 is 11.4 Å². The Balaban J connectivity index is 1.30. The van der Waals surface area contributed by atoms with Gasteiger partial charge in [0.05, 0.1) is 40.9 Å². The molecule has 0 aliphatic carbocycles. The van der Waals surface area contributed by atoms with Gasteiger partial charge in [-0.05, 0) is 45.7 Å². The Bertz CT molecular complexity index is 1360. The van der Waals surface area contributed by atoms with Crippen molar-refractivity contribution >= 4 is 51.6 Å². The molecule has 0 saturated carbocycles. The van der Waals surface area contributed by atoms with E-state index in [-0.39, 0.29) is 21.8 Å². The normalized spacial score (nSPS) is 20.7. The number of hydrogen-bond donors (Lipinski definition) is 1. The molecule has 2 saturated heterocycles. The number of aryl methyl sites for hydroxylation is 1. The lowest BCUT2D eigenvalue weighted by Crippen LogP contribution is -2.55. The summed E-state index contributed by atoms with van der Waals surface area (Å²) in [6.07, 6.45) is 5.27. The van der Waals surface area contributed by atoms with Crippen molar-refractivity contribution in [2.75, 3.05) is 31.2 Å². The molecule has 0 bridgehead atoms. The lowest BCUT2D eigenvalue weighted by molar-refractivity contribution is 0.130. The molecule has 1 spiro atoms. The molecular weight excluding hydrogens is 532 g/mol. The molecule has 1 N–H and O–H groups in total. The first-order valence-electron chi connectivity index (χ1n) is 12.3. The molecule has 2 fully saturated rings. The van der Waals surface area contributed by atoms with E-state index in [1.807, 2.05) is 46.1 Å². The zero-order valence-corrected chi connectivity index (χ0v) is 24.2. The van der Waals surface area contributed by atoms with Gasteiger partial charge in [-0.25, -0.2) is 4.98 Å². The second kappa shape index (κ2) is 10.1. The van der Waals surface area contributed by atoms with Crippen LogP contribution in [-0.2, 0) is 30.2 Å². The number of benzene rings is 1. The van der Waals surface area contributed by atoms with Crippen molar-refractivity contribution in [1.29, 1.82) is 0 Å². The van der Waals surface area contributed by atoms with Crippen LogP contribution in [0.5, 0.6) is 0 Å². The summed E-state index contributed by atoms with van der Waals surface area (Å²) in [6, 6.07) is 3.85. The fraction of sp³-hybridized carbons (Fsp3) is 0.560. The highest BCUT2D eigenvalue weighted by atomic mass is 35.5. The van der Waals surface area contributed by atoms with Crippen LogP contribution in [-0.4, -0.2) is 61.0 Å². The smallest absolute Gasteiger partial charge is 0.268 e. The Morgan fingerprint density at radius 3 is 2.68 bits per heavy atom. The molecule has 2 atom stereocenters. The minimum atomic E-state index is -1.15. The predicted octanol–water partition coefficient (Wildman–Crippen LogP) is 3.51. The molecule has 4 heterocycles. The molecule has 200 valence electrons. The van der Waals surface area contributed by atoms with Crippen LogP contribution >= 0.6 is 23.4 Å². The number of anilines is 1. The lowest BCUT2D eigenvalue weighted by Gasteiger charge is -2.42. The standard InChI is InChI=1S/C25H33ClN6O3S2/c1-24(2,3)37(34)29-20-14-35-15-25(20)8-10-32(11-9-25)23-27-12-19(22(33)31(23)5)36-18-7-6-17-16(21(18)26)13-30(4)28-17/h6-7,12-13,20,29H,8-11,14-15H2,1-5H3. The van der Waals surface area contributed by atoms with Crippen LogP contribution in [0.4, 0.5) is 5.95 Å². The van der Waals surface area contributed by atoms with Gasteiger partial charge in [0.15, 0.2) is 0 Å². The van der Waals surface area contributed by atoms with Gasteiger partial charge < -0.3 is 14.2 Å². The Morgan fingerprint density at radius 2 is 1.97 bits per heavy atom. The largest absolute Gasteiger partial charge is 0.598 e. The molecule has 37 heavy (non-hydrogen) atoms. The van der Waals surface area contributed by atoms with Gasteiger partial charge in [0, 0.05) is 60.4 Å². The van der Waals surface area contributed by atoms with E-state index >= 15 is 0 Å². The van der Waals surface area contributed by atoms with E-state index in [1.54, 1.807) is 22.5 Å². The molecule has 9 nitrogen and oxygen atoms in total. The van der Waals surface area contributed by atoms with Crippen LogP contribution in [0.15, 0.2) is 39.1 Å². The topological polar surface area (TPSA) is 100 Å². The quantitative estimate of drug-likeness (QED) is 0.470. The van der Waals surface area contributed by atoms with Crippen molar-refractivity contribution in [2.24, 2.45) is 19.5 Å². The maximum absolute atomic E-state index is 13.3. The first-order chi connectivity index (χ1) is 17.5. The zero-order chi connectivity index (χ0) is 26.5. The third-order valence-corrected chi connectivity index (χ3v) is 10.5. The number of aromatic nitrogens is 4. The van der Waals surface area contributed by atoms with E-state index in [4.69, 9.17) is 16.3 Å². The summed E-state index contributed by atoms with van der Waals surface area (Å²) in [6.45, 7) is 8.64. The summed E-state index contributed by atoms with van der Waals surface area (Å²) >= 11 is 6.80. The molecule has 2 aromatic heterocycles. The van der Waals surface area contributed by atoms with Gasteiger partial charge in [-0.15, -0.1) is 4.72 Å². The molecule has 12 heteroatoms. The fourth-order valence-electron chi connectivity index (χ4n) is 5.00. The minimum absolute atomic E-state index is 0.0483. The van der Waals surface area contributed by atoms with Crippen molar-refractivity contribution in [3.8, 4) is 0 Å². The Kier molecular flexibility index (Phi) is 7.32. The van der Waals surface area contributed by atoms with Gasteiger partial charge >= 0.3 is 0 Å². The second-order valence-corrected chi connectivity index (χ2v) is 14.4. The monoisotopic (exact) mass is 564 g/mol. The lowest BCUT2D eigenvalue weighted by atomic mass is 9.75. The average molecular weight is 565 g/mol. The first-order valence-corrected chi connectivity index (χ1v) is 14.7. The summed E-state index contributed by atoms with van der Waals surface area (Å²) in [5, 5.41) is 5.82. The van der Waals surface area contributed by atoms with Gasteiger partial charge in [-0.2, -0.15) is 5.10 Å².